The van der Waals surface area contributed by atoms with Gasteiger partial charge in [-0.2, -0.15) is 5.26 Å². The van der Waals surface area contributed by atoms with Crippen molar-refractivity contribution in [1.82, 2.24) is 0 Å². The Morgan fingerprint density at radius 2 is 2.14 bits per heavy atom. The van der Waals surface area contributed by atoms with Crippen LogP contribution in [0.3, 0.4) is 0 Å². The quantitative estimate of drug-likeness (QED) is 0.814. The number of hydrogen-bond donors (Lipinski definition) is 2. The molecule has 1 atom stereocenters. The minimum Gasteiger partial charge on any atom is -0.460 e. The topological polar surface area (TPSA) is 82.3 Å². The van der Waals surface area contributed by atoms with E-state index in [4.69, 9.17) is 10.00 Å². The van der Waals surface area contributed by atoms with Gasteiger partial charge in [0.1, 0.15) is 5.60 Å². The van der Waals surface area contributed by atoms with Gasteiger partial charge in [-0.15, -0.1) is 0 Å². The number of ether oxygens (including phenoxy) is 1. The molecule has 5 nitrogen and oxygen atoms in total. The first-order chi connectivity index (χ1) is 9.75. The molecule has 0 fully saturated rings. The van der Waals surface area contributed by atoms with E-state index < -0.39 is 11.6 Å². The smallest absolute Gasteiger partial charge is 0.308 e. The van der Waals surface area contributed by atoms with E-state index in [0.29, 0.717) is 5.56 Å². The number of nitriles is 1. The highest BCUT2D eigenvalue weighted by Crippen LogP contribution is 2.17. The maximum Gasteiger partial charge on any atom is 0.308 e. The first-order valence-electron chi connectivity index (χ1n) is 6.85. The summed E-state index contributed by atoms with van der Waals surface area (Å²) in [6, 6.07) is 6.95. The summed E-state index contributed by atoms with van der Waals surface area (Å²) in [4.78, 5) is 11.8. The van der Waals surface area contributed by atoms with E-state index in [1.54, 1.807) is 32.9 Å². The van der Waals surface area contributed by atoms with E-state index >= 15 is 0 Å². The van der Waals surface area contributed by atoms with Crippen molar-refractivity contribution >= 4 is 11.7 Å². The van der Waals surface area contributed by atoms with Crippen molar-refractivity contribution in [2.45, 2.75) is 45.8 Å². The Morgan fingerprint density at radius 3 is 2.62 bits per heavy atom. The highest BCUT2D eigenvalue weighted by atomic mass is 16.6. The number of carbonyl (C=O) groups excluding carboxylic acids is 1. The van der Waals surface area contributed by atoms with Gasteiger partial charge in [0.15, 0.2) is 0 Å². The van der Waals surface area contributed by atoms with Crippen LogP contribution in [0.15, 0.2) is 18.2 Å². The predicted molar refractivity (Wildman–Crippen MR) is 80.9 cm³/mol. The summed E-state index contributed by atoms with van der Waals surface area (Å²) in [5.41, 5.74) is 1.67. The van der Waals surface area contributed by atoms with Crippen LogP contribution in [-0.2, 0) is 9.53 Å². The Bertz CT molecular complexity index is 541. The summed E-state index contributed by atoms with van der Waals surface area (Å²) in [7, 11) is 0. The minimum atomic E-state index is -0.540. The zero-order valence-corrected chi connectivity index (χ0v) is 12.9. The Balaban J connectivity index is 2.68. The Hall–Kier alpha value is -2.06. The lowest BCUT2D eigenvalue weighted by atomic mass is 10.1. The highest BCUT2D eigenvalue weighted by molar-refractivity contribution is 5.71. The van der Waals surface area contributed by atoms with Gasteiger partial charge < -0.3 is 15.2 Å². The van der Waals surface area contributed by atoms with Crippen molar-refractivity contribution in [3.05, 3.63) is 29.3 Å². The molecule has 0 aliphatic rings. The van der Waals surface area contributed by atoms with Crippen LogP contribution in [0.25, 0.3) is 0 Å². The summed E-state index contributed by atoms with van der Waals surface area (Å²) in [5.74, 6) is -0.362. The SMILES string of the molecule is Cc1cc(N[C@H](CO)CC(=O)OC(C)(C)C)ccc1C#N. The van der Waals surface area contributed by atoms with Crippen molar-refractivity contribution < 1.29 is 14.6 Å². The largest absolute Gasteiger partial charge is 0.460 e. The third-order valence-corrected chi connectivity index (χ3v) is 2.77. The van der Waals surface area contributed by atoms with Crippen molar-refractivity contribution in [1.29, 1.82) is 5.26 Å². The number of anilines is 1. The Morgan fingerprint density at radius 1 is 1.48 bits per heavy atom. The molecule has 0 unspecified atom stereocenters. The molecule has 21 heavy (non-hydrogen) atoms. The first kappa shape index (κ1) is 17.0. The van der Waals surface area contributed by atoms with Crippen LogP contribution in [-0.4, -0.2) is 29.3 Å². The van der Waals surface area contributed by atoms with Crippen LogP contribution in [0.2, 0.25) is 0 Å². The average molecular weight is 290 g/mol. The molecule has 1 aromatic rings. The average Bonchev–Trinajstić information content (AvgIpc) is 2.36. The molecule has 0 aliphatic heterocycles. The second kappa shape index (κ2) is 7.09. The fraction of sp³-hybridized carbons (Fsp3) is 0.500. The standard InChI is InChI=1S/C16H22N2O3/c1-11-7-13(6-5-12(11)9-17)18-14(10-19)8-15(20)21-16(2,3)4/h5-7,14,18-19H,8,10H2,1-4H3/t14-/m0/s1. The second-order valence-electron chi connectivity index (χ2n) is 5.96. The van der Waals surface area contributed by atoms with Crippen molar-refractivity contribution in [3.63, 3.8) is 0 Å². The number of nitrogens with zero attached hydrogens (tertiary/aromatic N) is 1. The molecule has 0 aromatic heterocycles. The van der Waals surface area contributed by atoms with Crippen LogP contribution >= 0.6 is 0 Å². The number of aryl methyl sites for hydroxylation is 1. The van der Waals surface area contributed by atoms with E-state index in [0.717, 1.165) is 11.3 Å². The number of carbonyl (C=O) groups is 1. The van der Waals surface area contributed by atoms with Gasteiger partial charge in [-0.1, -0.05) is 0 Å². The van der Waals surface area contributed by atoms with Crippen molar-refractivity contribution in [2.75, 3.05) is 11.9 Å². The molecule has 0 amide bonds. The molecular formula is C16H22N2O3. The number of rotatable bonds is 5. The fourth-order valence-corrected chi connectivity index (χ4v) is 1.86. The maximum atomic E-state index is 11.8. The number of aliphatic hydroxyl groups excluding tert-OH is 1. The normalized spacial score (nSPS) is 12.4. The van der Waals surface area contributed by atoms with E-state index in [2.05, 4.69) is 11.4 Å². The van der Waals surface area contributed by atoms with E-state index in [1.807, 2.05) is 13.0 Å². The molecule has 0 heterocycles. The molecule has 1 rings (SSSR count). The zero-order valence-electron chi connectivity index (χ0n) is 12.9. The predicted octanol–water partition coefficient (Wildman–Crippen LogP) is 2.37. The van der Waals surface area contributed by atoms with E-state index in [9.17, 15) is 9.90 Å². The van der Waals surface area contributed by atoms with E-state index in [-0.39, 0.29) is 19.0 Å². The number of hydrogen-bond acceptors (Lipinski definition) is 5. The van der Waals surface area contributed by atoms with Crippen LogP contribution in [0.4, 0.5) is 5.69 Å². The zero-order chi connectivity index (χ0) is 16.0. The molecule has 0 aliphatic carbocycles. The monoisotopic (exact) mass is 290 g/mol. The number of nitrogens with one attached hydrogen (secondary N) is 1. The molecule has 0 spiro atoms. The van der Waals surface area contributed by atoms with Gasteiger partial charge >= 0.3 is 5.97 Å². The van der Waals surface area contributed by atoms with E-state index in [1.165, 1.54) is 0 Å². The summed E-state index contributed by atoms with van der Waals surface area (Å²) in [6.07, 6.45) is 0.0762. The molecule has 0 saturated heterocycles. The van der Waals surface area contributed by atoms with Gasteiger partial charge in [0.25, 0.3) is 0 Å². The molecule has 1 aromatic carbocycles. The second-order valence-corrected chi connectivity index (χ2v) is 5.96. The molecule has 2 N–H and O–H groups in total. The summed E-state index contributed by atoms with van der Waals surface area (Å²) < 4.78 is 5.23. The molecular weight excluding hydrogens is 268 g/mol. The van der Waals surface area contributed by atoms with Crippen molar-refractivity contribution in [3.8, 4) is 6.07 Å². The minimum absolute atomic E-state index is 0.0762. The highest BCUT2D eigenvalue weighted by Gasteiger charge is 2.20. The van der Waals surface area contributed by atoms with Crippen LogP contribution < -0.4 is 5.32 Å². The number of benzene rings is 1. The lowest BCUT2D eigenvalue weighted by Gasteiger charge is -2.22. The fourth-order valence-electron chi connectivity index (χ4n) is 1.86. The van der Waals surface area contributed by atoms with Gasteiger partial charge in [-0.25, -0.2) is 0 Å². The Kier molecular flexibility index (Phi) is 5.74. The molecule has 0 bridgehead atoms. The van der Waals surface area contributed by atoms with Crippen LogP contribution in [0, 0.1) is 18.3 Å². The lowest BCUT2D eigenvalue weighted by molar-refractivity contribution is -0.155. The third kappa shape index (κ3) is 5.84. The van der Waals surface area contributed by atoms with Gasteiger partial charge in [-0.05, 0) is 51.5 Å². The summed E-state index contributed by atoms with van der Waals surface area (Å²) in [6.45, 7) is 7.06. The number of esters is 1. The molecule has 114 valence electrons. The number of aliphatic hydroxyl groups is 1. The third-order valence-electron chi connectivity index (χ3n) is 2.77. The van der Waals surface area contributed by atoms with Gasteiger partial charge in [0.2, 0.25) is 0 Å². The lowest BCUT2D eigenvalue weighted by Crippen LogP contribution is -2.31. The van der Waals surface area contributed by atoms with Gasteiger partial charge in [0, 0.05) is 5.69 Å². The molecule has 5 heteroatoms. The van der Waals surface area contributed by atoms with Crippen LogP contribution in [0.5, 0.6) is 0 Å². The van der Waals surface area contributed by atoms with Gasteiger partial charge in [0.05, 0.1) is 30.7 Å². The maximum absolute atomic E-state index is 11.8. The first-order valence-corrected chi connectivity index (χ1v) is 6.85. The summed E-state index contributed by atoms with van der Waals surface area (Å²) >= 11 is 0. The van der Waals surface area contributed by atoms with Crippen molar-refractivity contribution in [2.24, 2.45) is 0 Å². The molecule has 0 saturated carbocycles. The van der Waals surface area contributed by atoms with Crippen LogP contribution in [0.1, 0.15) is 38.3 Å². The van der Waals surface area contributed by atoms with Gasteiger partial charge in [-0.3, -0.25) is 4.79 Å². The summed E-state index contributed by atoms with van der Waals surface area (Å²) in [5, 5.41) is 21.4. The Labute approximate surface area is 125 Å². The molecule has 0 radical (unpaired) electrons.